The Hall–Kier alpha value is -3.27. The molecule has 25 heavy (non-hydrogen) atoms. The van der Waals surface area contributed by atoms with E-state index in [9.17, 15) is 4.79 Å². The van der Waals surface area contributed by atoms with Crippen LogP contribution in [0.4, 0.5) is 11.4 Å². The zero-order chi connectivity index (χ0) is 17.6. The molecule has 0 aliphatic carbocycles. The fourth-order valence-electron chi connectivity index (χ4n) is 2.38. The Kier molecular flexibility index (Phi) is 5.00. The molecule has 4 heteroatoms. The average molecular weight is 332 g/mol. The Balaban J connectivity index is 1.62. The predicted octanol–water partition coefficient (Wildman–Crippen LogP) is 4.66. The van der Waals surface area contributed by atoms with E-state index < -0.39 is 0 Å². The maximum Gasteiger partial charge on any atom is 0.248 e. The van der Waals surface area contributed by atoms with Gasteiger partial charge in [0.05, 0.1) is 0 Å². The number of benzene rings is 2. The van der Waals surface area contributed by atoms with Crippen molar-refractivity contribution in [1.82, 2.24) is 0 Å². The average Bonchev–Trinajstić information content (AvgIpc) is 3.10. The maximum absolute atomic E-state index is 12.0. The summed E-state index contributed by atoms with van der Waals surface area (Å²) in [4.78, 5) is 14.0. The molecule has 0 aliphatic heterocycles. The van der Waals surface area contributed by atoms with Crippen LogP contribution in [0.25, 0.3) is 17.4 Å². The highest BCUT2D eigenvalue weighted by molar-refractivity contribution is 6.01. The van der Waals surface area contributed by atoms with Gasteiger partial charge in [0, 0.05) is 37.1 Å². The summed E-state index contributed by atoms with van der Waals surface area (Å²) in [6.45, 7) is 0. The van der Waals surface area contributed by atoms with Crippen LogP contribution in [0.2, 0.25) is 0 Å². The molecule has 2 aromatic carbocycles. The standard InChI is InChI=1S/C21H20N2O2/c1-23(2)18-10-8-17(9-11-18)22-21(24)15-13-19-12-14-20(25-19)16-6-4-3-5-7-16/h3-15H,1-2H3,(H,22,24)/b15-13-. The number of nitrogens with zero attached hydrogens (tertiary/aromatic N) is 1. The summed E-state index contributed by atoms with van der Waals surface area (Å²) in [7, 11) is 3.95. The third kappa shape index (κ3) is 4.38. The van der Waals surface area contributed by atoms with Gasteiger partial charge >= 0.3 is 0 Å². The summed E-state index contributed by atoms with van der Waals surface area (Å²) in [6, 6.07) is 21.3. The van der Waals surface area contributed by atoms with Crippen molar-refractivity contribution in [2.45, 2.75) is 0 Å². The first-order valence-corrected chi connectivity index (χ1v) is 8.03. The summed E-state index contributed by atoms with van der Waals surface area (Å²) in [5.41, 5.74) is 2.84. The van der Waals surface area contributed by atoms with Crippen molar-refractivity contribution in [3.8, 4) is 11.3 Å². The van der Waals surface area contributed by atoms with Crippen molar-refractivity contribution in [3.05, 3.63) is 78.6 Å². The molecule has 0 aliphatic rings. The van der Waals surface area contributed by atoms with Crippen LogP contribution in [0.5, 0.6) is 0 Å². The number of anilines is 2. The molecular weight excluding hydrogens is 312 g/mol. The number of furan rings is 1. The van der Waals surface area contributed by atoms with Crippen molar-refractivity contribution in [1.29, 1.82) is 0 Å². The zero-order valence-electron chi connectivity index (χ0n) is 14.3. The van der Waals surface area contributed by atoms with Gasteiger partial charge in [0.25, 0.3) is 0 Å². The summed E-state index contributed by atoms with van der Waals surface area (Å²) in [5, 5.41) is 2.83. The molecule has 0 saturated carbocycles. The molecule has 4 nitrogen and oxygen atoms in total. The fraction of sp³-hybridized carbons (Fsp3) is 0.0952. The van der Waals surface area contributed by atoms with Gasteiger partial charge in [0.15, 0.2) is 0 Å². The Morgan fingerprint density at radius 3 is 2.36 bits per heavy atom. The first kappa shape index (κ1) is 16.6. The molecule has 0 bridgehead atoms. The largest absolute Gasteiger partial charge is 0.457 e. The SMILES string of the molecule is CN(C)c1ccc(NC(=O)/C=C\c2ccc(-c3ccccc3)o2)cc1. The Morgan fingerprint density at radius 1 is 0.960 bits per heavy atom. The van der Waals surface area contributed by atoms with Gasteiger partial charge in [-0.15, -0.1) is 0 Å². The van der Waals surface area contributed by atoms with E-state index >= 15 is 0 Å². The normalized spacial score (nSPS) is 10.8. The second-order valence-corrected chi connectivity index (χ2v) is 5.83. The second-order valence-electron chi connectivity index (χ2n) is 5.83. The van der Waals surface area contributed by atoms with E-state index in [0.717, 1.165) is 22.7 Å². The van der Waals surface area contributed by atoms with Gasteiger partial charge in [-0.3, -0.25) is 4.79 Å². The van der Waals surface area contributed by atoms with Crippen molar-refractivity contribution in [2.24, 2.45) is 0 Å². The lowest BCUT2D eigenvalue weighted by Crippen LogP contribution is -2.10. The van der Waals surface area contributed by atoms with E-state index in [0.29, 0.717) is 5.76 Å². The van der Waals surface area contributed by atoms with Crippen LogP contribution in [0, 0.1) is 0 Å². The molecule has 0 saturated heterocycles. The highest BCUT2D eigenvalue weighted by atomic mass is 16.3. The number of hydrogen-bond donors (Lipinski definition) is 1. The van der Waals surface area contributed by atoms with Gasteiger partial charge < -0.3 is 14.6 Å². The highest BCUT2D eigenvalue weighted by Gasteiger charge is 2.03. The molecule has 1 aromatic heterocycles. The summed E-state index contributed by atoms with van der Waals surface area (Å²) in [5.74, 6) is 1.21. The van der Waals surface area contributed by atoms with E-state index in [2.05, 4.69) is 5.32 Å². The summed E-state index contributed by atoms with van der Waals surface area (Å²) >= 11 is 0. The van der Waals surface area contributed by atoms with Crippen molar-refractivity contribution in [3.63, 3.8) is 0 Å². The Bertz CT molecular complexity index is 862. The van der Waals surface area contributed by atoms with Crippen LogP contribution in [0.1, 0.15) is 5.76 Å². The van der Waals surface area contributed by atoms with Crippen LogP contribution >= 0.6 is 0 Å². The lowest BCUT2D eigenvalue weighted by molar-refractivity contribution is -0.111. The third-order valence-electron chi connectivity index (χ3n) is 3.74. The number of amides is 1. The Morgan fingerprint density at radius 2 is 1.68 bits per heavy atom. The van der Waals surface area contributed by atoms with Crippen molar-refractivity contribution >= 4 is 23.4 Å². The molecule has 126 valence electrons. The van der Waals surface area contributed by atoms with Crippen LogP contribution in [-0.4, -0.2) is 20.0 Å². The molecule has 1 heterocycles. The molecule has 3 aromatic rings. The molecular formula is C21H20N2O2. The molecule has 0 spiro atoms. The minimum Gasteiger partial charge on any atom is -0.457 e. The van der Waals surface area contributed by atoms with Gasteiger partial charge in [-0.2, -0.15) is 0 Å². The van der Waals surface area contributed by atoms with Crippen LogP contribution in [0.3, 0.4) is 0 Å². The van der Waals surface area contributed by atoms with Gasteiger partial charge in [-0.05, 0) is 42.5 Å². The number of carbonyl (C=O) groups excluding carboxylic acids is 1. The molecule has 0 radical (unpaired) electrons. The summed E-state index contributed by atoms with van der Waals surface area (Å²) < 4.78 is 5.74. The fourth-order valence-corrected chi connectivity index (χ4v) is 2.38. The first-order valence-electron chi connectivity index (χ1n) is 8.03. The van der Waals surface area contributed by atoms with E-state index in [1.165, 1.54) is 6.08 Å². The van der Waals surface area contributed by atoms with Gasteiger partial charge in [0.1, 0.15) is 11.5 Å². The lowest BCUT2D eigenvalue weighted by atomic mass is 10.2. The smallest absolute Gasteiger partial charge is 0.248 e. The van der Waals surface area contributed by atoms with E-state index in [1.54, 1.807) is 6.08 Å². The molecule has 3 rings (SSSR count). The quantitative estimate of drug-likeness (QED) is 0.691. The zero-order valence-corrected chi connectivity index (χ0v) is 14.3. The first-order chi connectivity index (χ1) is 12.1. The molecule has 1 N–H and O–H groups in total. The van der Waals surface area contributed by atoms with Gasteiger partial charge in [0.2, 0.25) is 5.91 Å². The maximum atomic E-state index is 12.0. The van der Waals surface area contributed by atoms with Crippen LogP contribution < -0.4 is 10.2 Å². The van der Waals surface area contributed by atoms with Crippen molar-refractivity contribution < 1.29 is 9.21 Å². The molecule has 1 amide bonds. The van der Waals surface area contributed by atoms with Crippen LogP contribution in [-0.2, 0) is 4.79 Å². The van der Waals surface area contributed by atoms with E-state index in [1.807, 2.05) is 85.7 Å². The number of hydrogen-bond acceptors (Lipinski definition) is 3. The van der Waals surface area contributed by atoms with Gasteiger partial charge in [-0.1, -0.05) is 30.3 Å². The Labute approximate surface area is 147 Å². The number of nitrogens with one attached hydrogen (secondary N) is 1. The monoisotopic (exact) mass is 332 g/mol. The molecule has 0 atom stereocenters. The lowest BCUT2D eigenvalue weighted by Gasteiger charge is -2.12. The minimum atomic E-state index is -0.199. The van der Waals surface area contributed by atoms with E-state index in [4.69, 9.17) is 4.42 Å². The van der Waals surface area contributed by atoms with Crippen LogP contribution in [0.15, 0.2) is 77.2 Å². The summed E-state index contributed by atoms with van der Waals surface area (Å²) in [6.07, 6.45) is 3.13. The highest BCUT2D eigenvalue weighted by Crippen LogP contribution is 2.22. The van der Waals surface area contributed by atoms with Crippen molar-refractivity contribution in [2.75, 3.05) is 24.3 Å². The minimum absolute atomic E-state index is 0.199. The second kappa shape index (κ2) is 7.53. The van der Waals surface area contributed by atoms with Gasteiger partial charge in [-0.25, -0.2) is 0 Å². The number of rotatable bonds is 5. The van der Waals surface area contributed by atoms with E-state index in [-0.39, 0.29) is 5.91 Å². The third-order valence-corrected chi connectivity index (χ3v) is 3.74. The predicted molar refractivity (Wildman–Crippen MR) is 103 cm³/mol. The number of carbonyl (C=O) groups is 1. The molecule has 0 fully saturated rings. The topological polar surface area (TPSA) is 45.5 Å². The molecule has 0 unspecified atom stereocenters.